The predicted molar refractivity (Wildman–Crippen MR) is 113 cm³/mol. The molecule has 1 unspecified atom stereocenters. The first-order valence-corrected chi connectivity index (χ1v) is 12.1. The van der Waals surface area contributed by atoms with Crippen molar-refractivity contribution in [3.05, 3.63) is 5.53 Å². The van der Waals surface area contributed by atoms with Crippen LogP contribution in [0.3, 0.4) is 0 Å². The third kappa shape index (κ3) is 8.85. The minimum Gasteiger partial charge on any atom is -0.362 e. The lowest BCUT2D eigenvalue weighted by Crippen LogP contribution is -2.25. The zero-order valence-corrected chi connectivity index (χ0v) is 17.4. The molecule has 0 aliphatic heterocycles. The van der Waals surface area contributed by atoms with Crippen LogP contribution in [-0.4, -0.2) is 10.5 Å². The van der Waals surface area contributed by atoms with E-state index in [4.69, 9.17) is 0 Å². The highest BCUT2D eigenvalue weighted by Gasteiger charge is 2.30. The third-order valence-corrected chi connectivity index (χ3v) is 6.97. The third-order valence-electron chi connectivity index (χ3n) is 6.97. The van der Waals surface area contributed by atoms with Crippen molar-refractivity contribution < 1.29 is 4.79 Å². The highest BCUT2D eigenvalue weighted by molar-refractivity contribution is 5.81. The SMILES string of the molecule is [N-]=[N+]=C1CCCCCCCCCCC1C1CCCCCCCCCCC1. The highest BCUT2D eigenvalue weighted by Crippen LogP contribution is 2.32. The van der Waals surface area contributed by atoms with Crippen LogP contribution < -0.4 is 0 Å². The fourth-order valence-corrected chi connectivity index (χ4v) is 5.31. The zero-order chi connectivity index (χ0) is 18.3. The normalized spacial score (nSPS) is 27.2. The maximum Gasteiger partial charge on any atom is 0.272 e. The highest BCUT2D eigenvalue weighted by atomic mass is 14.9. The molecule has 0 spiro atoms. The Bertz CT molecular complexity index is 385. The van der Waals surface area contributed by atoms with E-state index in [2.05, 4.69) is 4.79 Å². The van der Waals surface area contributed by atoms with Gasteiger partial charge in [0.25, 0.3) is 5.71 Å². The monoisotopic (exact) mass is 360 g/mol. The first kappa shape index (κ1) is 21.7. The van der Waals surface area contributed by atoms with Crippen molar-refractivity contribution in [3.8, 4) is 0 Å². The van der Waals surface area contributed by atoms with Gasteiger partial charge < -0.3 is 5.53 Å². The van der Waals surface area contributed by atoms with Crippen LogP contribution in [0.4, 0.5) is 0 Å². The van der Waals surface area contributed by atoms with Crippen molar-refractivity contribution >= 4 is 5.71 Å². The van der Waals surface area contributed by atoms with Gasteiger partial charge >= 0.3 is 0 Å². The van der Waals surface area contributed by atoms with Crippen LogP contribution in [0.1, 0.15) is 135 Å². The summed E-state index contributed by atoms with van der Waals surface area (Å²) in [5.74, 6) is 1.32. The zero-order valence-electron chi connectivity index (χ0n) is 17.4. The molecule has 2 heteroatoms. The maximum absolute atomic E-state index is 9.79. The van der Waals surface area contributed by atoms with Crippen LogP contribution in [0.5, 0.6) is 0 Å². The molecule has 0 heterocycles. The Morgan fingerprint density at radius 2 is 0.885 bits per heavy atom. The molecule has 0 saturated heterocycles. The molecule has 0 aromatic rings. The first-order valence-electron chi connectivity index (χ1n) is 12.1. The molecule has 2 aliphatic carbocycles. The molecule has 2 saturated carbocycles. The van der Waals surface area contributed by atoms with Crippen LogP contribution in [0.25, 0.3) is 5.53 Å². The molecule has 0 radical (unpaired) electrons. The Balaban J connectivity index is 2.00. The van der Waals surface area contributed by atoms with Gasteiger partial charge in [-0.25, -0.2) is 0 Å². The molecule has 1 atom stereocenters. The summed E-state index contributed by atoms with van der Waals surface area (Å²) in [7, 11) is 0. The molecule has 2 nitrogen and oxygen atoms in total. The van der Waals surface area contributed by atoms with Crippen molar-refractivity contribution in [2.24, 2.45) is 11.8 Å². The summed E-state index contributed by atoms with van der Waals surface area (Å²) in [5, 5.41) is 0. The summed E-state index contributed by atoms with van der Waals surface area (Å²) in [6.45, 7) is 0. The Labute approximate surface area is 163 Å². The van der Waals surface area contributed by atoms with Crippen molar-refractivity contribution in [2.75, 3.05) is 0 Å². The smallest absolute Gasteiger partial charge is 0.272 e. The van der Waals surface area contributed by atoms with E-state index in [-0.39, 0.29) is 0 Å². The molecule has 2 rings (SSSR count). The Morgan fingerprint density at radius 3 is 1.35 bits per heavy atom. The van der Waals surface area contributed by atoms with Crippen molar-refractivity contribution in [2.45, 2.75) is 135 Å². The van der Waals surface area contributed by atoms with Gasteiger partial charge in [-0.3, -0.25) is 0 Å². The summed E-state index contributed by atoms with van der Waals surface area (Å²) >= 11 is 0. The van der Waals surface area contributed by atoms with E-state index in [0.29, 0.717) is 5.92 Å². The van der Waals surface area contributed by atoms with E-state index >= 15 is 0 Å². The largest absolute Gasteiger partial charge is 0.362 e. The Morgan fingerprint density at radius 1 is 0.500 bits per heavy atom. The van der Waals surface area contributed by atoms with Gasteiger partial charge in [0.2, 0.25) is 0 Å². The summed E-state index contributed by atoms with van der Waals surface area (Å²) in [4.78, 5) is 3.88. The second-order valence-electron chi connectivity index (χ2n) is 9.08. The van der Waals surface area contributed by atoms with Gasteiger partial charge in [-0.2, -0.15) is 4.79 Å². The predicted octanol–water partition coefficient (Wildman–Crippen LogP) is 8.11. The molecule has 0 bridgehead atoms. The molecule has 0 aromatic carbocycles. The van der Waals surface area contributed by atoms with Crippen molar-refractivity contribution in [3.63, 3.8) is 0 Å². The quantitative estimate of drug-likeness (QED) is 0.334. The number of rotatable bonds is 1. The molecule has 0 N–H and O–H groups in total. The van der Waals surface area contributed by atoms with Crippen LogP contribution >= 0.6 is 0 Å². The minimum atomic E-state index is 0.558. The van der Waals surface area contributed by atoms with Gasteiger partial charge in [0.1, 0.15) is 0 Å². The Kier molecular flexibility index (Phi) is 12.0. The molecule has 26 heavy (non-hydrogen) atoms. The summed E-state index contributed by atoms with van der Waals surface area (Å²) < 4.78 is 0. The number of hydrogen-bond donors (Lipinski definition) is 0. The van der Waals surface area contributed by atoms with Crippen LogP contribution in [0.15, 0.2) is 0 Å². The Hall–Kier alpha value is -0.620. The average molecular weight is 361 g/mol. The molecule has 0 amide bonds. The fourth-order valence-electron chi connectivity index (χ4n) is 5.31. The average Bonchev–Trinajstić information content (AvgIpc) is 2.63. The van der Waals surface area contributed by atoms with Crippen molar-refractivity contribution in [1.29, 1.82) is 0 Å². The molecular weight excluding hydrogens is 316 g/mol. The summed E-state index contributed by atoms with van der Waals surface area (Å²) in [6, 6.07) is 0. The van der Waals surface area contributed by atoms with E-state index in [1.807, 2.05) is 0 Å². The van der Waals surface area contributed by atoms with Crippen LogP contribution in [0, 0.1) is 11.8 Å². The summed E-state index contributed by atoms with van der Waals surface area (Å²) in [5.41, 5.74) is 10.9. The van der Waals surface area contributed by atoms with E-state index in [9.17, 15) is 5.53 Å². The fraction of sp³-hybridized carbons (Fsp3) is 0.958. The second kappa shape index (κ2) is 14.4. The van der Waals surface area contributed by atoms with Crippen LogP contribution in [-0.2, 0) is 0 Å². The standard InChI is InChI=1S/C24H44N2/c25-26-24-21-17-13-9-5-4-8-12-16-20-23(24)22-18-14-10-6-2-1-3-7-11-15-19-22/h22-23H,1-21H2. The van der Waals surface area contributed by atoms with E-state index in [1.165, 1.54) is 128 Å². The number of nitrogens with zero attached hydrogens (tertiary/aromatic N) is 2. The molecule has 2 fully saturated rings. The lowest BCUT2D eigenvalue weighted by Gasteiger charge is -2.25. The van der Waals surface area contributed by atoms with Gasteiger partial charge in [0.15, 0.2) is 0 Å². The van der Waals surface area contributed by atoms with Gasteiger partial charge in [0.05, 0.1) is 5.92 Å². The van der Waals surface area contributed by atoms with E-state index in [0.717, 1.165) is 18.1 Å². The van der Waals surface area contributed by atoms with E-state index in [1.54, 1.807) is 0 Å². The minimum absolute atomic E-state index is 0.558. The van der Waals surface area contributed by atoms with Gasteiger partial charge in [0, 0.05) is 6.42 Å². The molecule has 150 valence electrons. The van der Waals surface area contributed by atoms with Gasteiger partial charge in [-0.05, 0) is 31.6 Å². The molecular formula is C24H44N2. The topological polar surface area (TPSA) is 36.4 Å². The molecule has 0 aromatic heterocycles. The number of hydrogen-bond acceptors (Lipinski definition) is 0. The lowest BCUT2D eigenvalue weighted by molar-refractivity contribution is -0.0204. The lowest BCUT2D eigenvalue weighted by atomic mass is 9.76. The van der Waals surface area contributed by atoms with Crippen molar-refractivity contribution in [1.82, 2.24) is 0 Å². The van der Waals surface area contributed by atoms with Gasteiger partial charge in [-0.15, -0.1) is 0 Å². The first-order chi connectivity index (χ1) is 12.9. The van der Waals surface area contributed by atoms with Gasteiger partial charge in [-0.1, -0.05) is 103 Å². The second-order valence-corrected chi connectivity index (χ2v) is 9.08. The maximum atomic E-state index is 9.79. The molecule has 2 aliphatic rings. The van der Waals surface area contributed by atoms with Crippen LogP contribution in [0.2, 0.25) is 0 Å². The summed E-state index contributed by atoms with van der Waals surface area (Å²) in [6.07, 6.45) is 28.7. The van der Waals surface area contributed by atoms with E-state index < -0.39 is 0 Å².